The molecule has 2 N–H and O–H groups in total. The van der Waals surface area contributed by atoms with E-state index >= 15 is 0 Å². The molecular weight excluding hydrogens is 350 g/mol. The summed E-state index contributed by atoms with van der Waals surface area (Å²) in [6.07, 6.45) is 1.28. The van der Waals surface area contributed by atoms with E-state index in [1.165, 1.54) is 11.3 Å². The van der Waals surface area contributed by atoms with Crippen molar-refractivity contribution in [2.45, 2.75) is 39.7 Å². The molecule has 0 atom stereocenters. The van der Waals surface area contributed by atoms with Crippen LogP contribution in [0.3, 0.4) is 0 Å². The SMILES string of the molecule is CCCNC(=O)CCNC(=O)c1csc(-c2ccc(OC(C)C)cc2)n1. The predicted molar refractivity (Wildman–Crippen MR) is 104 cm³/mol. The summed E-state index contributed by atoms with van der Waals surface area (Å²) in [4.78, 5) is 28.0. The number of hydrogen-bond donors (Lipinski definition) is 2. The number of ether oxygens (including phenoxy) is 1. The van der Waals surface area contributed by atoms with Gasteiger partial charge < -0.3 is 15.4 Å². The Morgan fingerprint density at radius 3 is 2.54 bits per heavy atom. The van der Waals surface area contributed by atoms with Crippen LogP contribution in [0.1, 0.15) is 44.1 Å². The van der Waals surface area contributed by atoms with E-state index in [2.05, 4.69) is 15.6 Å². The molecule has 0 unspecified atom stereocenters. The number of rotatable bonds is 9. The number of benzene rings is 1. The van der Waals surface area contributed by atoms with E-state index in [0.717, 1.165) is 22.7 Å². The first kappa shape index (κ1) is 19.9. The molecule has 0 spiro atoms. The topological polar surface area (TPSA) is 80.3 Å². The maximum absolute atomic E-state index is 12.1. The summed E-state index contributed by atoms with van der Waals surface area (Å²) in [5, 5.41) is 7.99. The van der Waals surface area contributed by atoms with E-state index < -0.39 is 0 Å². The molecule has 2 rings (SSSR count). The van der Waals surface area contributed by atoms with E-state index in [-0.39, 0.29) is 24.3 Å². The Labute approximate surface area is 158 Å². The van der Waals surface area contributed by atoms with E-state index in [1.807, 2.05) is 45.0 Å². The average Bonchev–Trinajstić information content (AvgIpc) is 3.10. The van der Waals surface area contributed by atoms with Gasteiger partial charge in [0, 0.05) is 30.5 Å². The average molecular weight is 375 g/mol. The summed E-state index contributed by atoms with van der Waals surface area (Å²) in [5.41, 5.74) is 1.30. The van der Waals surface area contributed by atoms with E-state index in [4.69, 9.17) is 4.74 Å². The Morgan fingerprint density at radius 2 is 1.88 bits per heavy atom. The molecule has 1 aromatic heterocycles. The number of thiazole rings is 1. The van der Waals surface area contributed by atoms with Crippen LogP contribution in [-0.4, -0.2) is 36.0 Å². The van der Waals surface area contributed by atoms with Gasteiger partial charge in [-0.25, -0.2) is 4.98 Å². The van der Waals surface area contributed by atoms with Gasteiger partial charge in [-0.2, -0.15) is 0 Å². The molecule has 0 aliphatic rings. The van der Waals surface area contributed by atoms with Crippen LogP contribution in [0.5, 0.6) is 5.75 Å². The Hall–Kier alpha value is -2.41. The lowest BCUT2D eigenvalue weighted by atomic mass is 10.2. The number of nitrogens with zero attached hydrogens (tertiary/aromatic N) is 1. The lowest BCUT2D eigenvalue weighted by Crippen LogP contribution is -2.31. The van der Waals surface area contributed by atoms with Gasteiger partial charge in [0.05, 0.1) is 6.10 Å². The summed E-state index contributed by atoms with van der Waals surface area (Å²) < 4.78 is 5.62. The van der Waals surface area contributed by atoms with Crippen LogP contribution in [0, 0.1) is 0 Å². The zero-order valence-electron chi connectivity index (χ0n) is 15.4. The first-order chi connectivity index (χ1) is 12.5. The largest absolute Gasteiger partial charge is 0.491 e. The van der Waals surface area contributed by atoms with Crippen LogP contribution < -0.4 is 15.4 Å². The van der Waals surface area contributed by atoms with Crippen molar-refractivity contribution in [1.29, 1.82) is 0 Å². The number of carbonyl (C=O) groups is 2. The number of amides is 2. The second-order valence-electron chi connectivity index (χ2n) is 6.08. The standard InChI is InChI=1S/C19H25N3O3S/c1-4-10-20-17(23)9-11-21-18(24)16-12-26-19(22-16)14-5-7-15(8-6-14)25-13(2)3/h5-8,12-13H,4,9-11H2,1-3H3,(H,20,23)(H,21,24). The first-order valence-corrected chi connectivity index (χ1v) is 9.65. The molecule has 2 aromatic rings. The highest BCUT2D eigenvalue weighted by atomic mass is 32.1. The lowest BCUT2D eigenvalue weighted by molar-refractivity contribution is -0.120. The predicted octanol–water partition coefficient (Wildman–Crippen LogP) is 3.24. The third kappa shape index (κ3) is 6.15. The Kier molecular flexibility index (Phi) is 7.59. The molecule has 6 nitrogen and oxygen atoms in total. The van der Waals surface area contributed by atoms with Crippen molar-refractivity contribution >= 4 is 23.2 Å². The quantitative estimate of drug-likeness (QED) is 0.705. The van der Waals surface area contributed by atoms with Crippen molar-refractivity contribution in [3.8, 4) is 16.3 Å². The summed E-state index contributed by atoms with van der Waals surface area (Å²) in [6.45, 7) is 6.90. The molecule has 0 saturated heterocycles. The maximum atomic E-state index is 12.1. The van der Waals surface area contributed by atoms with Gasteiger partial charge in [0.1, 0.15) is 16.5 Å². The molecule has 1 aromatic carbocycles. The van der Waals surface area contributed by atoms with Gasteiger partial charge in [-0.3, -0.25) is 9.59 Å². The molecule has 0 aliphatic carbocycles. The minimum absolute atomic E-state index is 0.0603. The molecule has 140 valence electrons. The van der Waals surface area contributed by atoms with Crippen LogP contribution in [0.15, 0.2) is 29.6 Å². The summed E-state index contributed by atoms with van der Waals surface area (Å²) >= 11 is 1.41. The zero-order chi connectivity index (χ0) is 18.9. The molecule has 0 bridgehead atoms. The molecule has 7 heteroatoms. The molecule has 2 amide bonds. The first-order valence-electron chi connectivity index (χ1n) is 8.77. The van der Waals surface area contributed by atoms with Crippen LogP contribution in [0.25, 0.3) is 10.6 Å². The van der Waals surface area contributed by atoms with Crippen LogP contribution in [0.2, 0.25) is 0 Å². The molecular formula is C19H25N3O3S. The number of carbonyl (C=O) groups excluding carboxylic acids is 2. The number of nitrogens with one attached hydrogen (secondary N) is 2. The zero-order valence-corrected chi connectivity index (χ0v) is 16.2. The fraction of sp³-hybridized carbons (Fsp3) is 0.421. The smallest absolute Gasteiger partial charge is 0.270 e. The minimum Gasteiger partial charge on any atom is -0.491 e. The van der Waals surface area contributed by atoms with E-state index in [1.54, 1.807) is 5.38 Å². The van der Waals surface area contributed by atoms with Crippen molar-refractivity contribution in [2.75, 3.05) is 13.1 Å². The minimum atomic E-state index is -0.268. The summed E-state index contributed by atoms with van der Waals surface area (Å²) in [5.74, 6) is 0.477. The van der Waals surface area contributed by atoms with E-state index in [0.29, 0.717) is 18.8 Å². The van der Waals surface area contributed by atoms with Gasteiger partial charge in [0.15, 0.2) is 0 Å². The molecule has 0 aliphatic heterocycles. The third-order valence-corrected chi connectivity index (χ3v) is 4.31. The van der Waals surface area contributed by atoms with Crippen LogP contribution in [-0.2, 0) is 4.79 Å². The summed E-state index contributed by atoms with van der Waals surface area (Å²) in [6, 6.07) is 7.64. The normalized spacial score (nSPS) is 10.6. The van der Waals surface area contributed by atoms with Gasteiger partial charge in [0.2, 0.25) is 5.91 Å². The summed E-state index contributed by atoms with van der Waals surface area (Å²) in [7, 11) is 0. The van der Waals surface area contributed by atoms with Gasteiger partial charge in [-0.1, -0.05) is 6.92 Å². The fourth-order valence-corrected chi connectivity index (χ4v) is 3.00. The Balaban J connectivity index is 1.88. The highest BCUT2D eigenvalue weighted by Gasteiger charge is 2.12. The van der Waals surface area contributed by atoms with E-state index in [9.17, 15) is 9.59 Å². The second kappa shape index (κ2) is 9.91. The second-order valence-corrected chi connectivity index (χ2v) is 6.94. The molecule has 1 heterocycles. The highest BCUT2D eigenvalue weighted by Crippen LogP contribution is 2.26. The van der Waals surface area contributed by atoms with Crippen molar-refractivity contribution in [2.24, 2.45) is 0 Å². The van der Waals surface area contributed by atoms with Crippen molar-refractivity contribution < 1.29 is 14.3 Å². The molecule has 0 fully saturated rings. The fourth-order valence-electron chi connectivity index (χ4n) is 2.19. The third-order valence-electron chi connectivity index (χ3n) is 3.42. The van der Waals surface area contributed by atoms with Crippen molar-refractivity contribution in [1.82, 2.24) is 15.6 Å². The number of aromatic nitrogens is 1. The van der Waals surface area contributed by atoms with Gasteiger partial charge in [-0.05, 0) is 44.5 Å². The van der Waals surface area contributed by atoms with Crippen LogP contribution in [0.4, 0.5) is 0 Å². The van der Waals surface area contributed by atoms with Crippen molar-refractivity contribution in [3.63, 3.8) is 0 Å². The molecule has 0 saturated carbocycles. The Bertz CT molecular complexity index is 726. The Morgan fingerprint density at radius 1 is 1.15 bits per heavy atom. The van der Waals surface area contributed by atoms with Crippen molar-refractivity contribution in [3.05, 3.63) is 35.3 Å². The number of hydrogen-bond acceptors (Lipinski definition) is 5. The van der Waals surface area contributed by atoms with Gasteiger partial charge in [-0.15, -0.1) is 11.3 Å². The van der Waals surface area contributed by atoms with Gasteiger partial charge >= 0.3 is 0 Å². The lowest BCUT2D eigenvalue weighted by Gasteiger charge is -2.09. The monoisotopic (exact) mass is 375 g/mol. The van der Waals surface area contributed by atoms with Gasteiger partial charge in [0.25, 0.3) is 5.91 Å². The maximum Gasteiger partial charge on any atom is 0.270 e. The highest BCUT2D eigenvalue weighted by molar-refractivity contribution is 7.13. The molecule has 26 heavy (non-hydrogen) atoms. The van der Waals surface area contributed by atoms with Crippen LogP contribution >= 0.6 is 11.3 Å². The molecule has 0 radical (unpaired) electrons.